The van der Waals surface area contributed by atoms with Gasteiger partial charge in [0.2, 0.25) is 5.91 Å². The van der Waals surface area contributed by atoms with Crippen LogP contribution in [0.25, 0.3) is 0 Å². The average molecular weight is 272 g/mol. The number of benzene rings is 1. The zero-order chi connectivity index (χ0) is 14.1. The van der Waals surface area contributed by atoms with E-state index in [1.54, 1.807) is 7.05 Å². The van der Waals surface area contributed by atoms with Crippen LogP contribution < -0.4 is 15.4 Å². The van der Waals surface area contributed by atoms with Gasteiger partial charge in [0.1, 0.15) is 5.82 Å². The molecule has 0 bridgehead atoms. The fourth-order valence-electron chi connectivity index (χ4n) is 1.42. The van der Waals surface area contributed by atoms with Crippen molar-refractivity contribution < 1.29 is 18.3 Å². The standard InChI is InChI=1S/C13H18F2N2O2/c1-16-6-7-17-13(18)3-2-8-19-12-5-4-10(14)9-11(12)15/h4-5,9,16H,2-3,6-8H2,1H3,(H,17,18). The number of rotatable bonds is 8. The summed E-state index contributed by atoms with van der Waals surface area (Å²) in [4.78, 5) is 11.3. The maximum atomic E-state index is 13.2. The molecule has 0 aliphatic carbocycles. The highest BCUT2D eigenvalue weighted by atomic mass is 19.1. The van der Waals surface area contributed by atoms with E-state index >= 15 is 0 Å². The summed E-state index contributed by atoms with van der Waals surface area (Å²) in [7, 11) is 1.80. The second kappa shape index (κ2) is 8.42. The highest BCUT2D eigenvalue weighted by Gasteiger charge is 2.05. The Labute approximate surface area is 111 Å². The Morgan fingerprint density at radius 2 is 2.11 bits per heavy atom. The fraction of sp³-hybridized carbons (Fsp3) is 0.462. The summed E-state index contributed by atoms with van der Waals surface area (Å²) < 4.78 is 31.0. The van der Waals surface area contributed by atoms with Crippen LogP contribution in [0.15, 0.2) is 18.2 Å². The lowest BCUT2D eigenvalue weighted by atomic mass is 10.3. The summed E-state index contributed by atoms with van der Waals surface area (Å²) in [5.41, 5.74) is 0. The summed E-state index contributed by atoms with van der Waals surface area (Å²) in [6, 6.07) is 3.13. The van der Waals surface area contributed by atoms with Crippen LogP contribution in [0.5, 0.6) is 5.75 Å². The van der Waals surface area contributed by atoms with Crippen LogP contribution in [-0.2, 0) is 4.79 Å². The van der Waals surface area contributed by atoms with Gasteiger partial charge in [0.05, 0.1) is 6.61 Å². The van der Waals surface area contributed by atoms with Gasteiger partial charge in [0.15, 0.2) is 11.6 Å². The van der Waals surface area contributed by atoms with Crippen molar-refractivity contribution in [1.29, 1.82) is 0 Å². The number of carbonyl (C=O) groups excluding carboxylic acids is 1. The maximum Gasteiger partial charge on any atom is 0.220 e. The van der Waals surface area contributed by atoms with E-state index in [1.807, 2.05) is 0 Å². The van der Waals surface area contributed by atoms with Crippen LogP contribution in [0.4, 0.5) is 8.78 Å². The third kappa shape index (κ3) is 6.15. The van der Waals surface area contributed by atoms with Gasteiger partial charge in [-0.05, 0) is 25.6 Å². The van der Waals surface area contributed by atoms with Gasteiger partial charge in [-0.3, -0.25) is 4.79 Å². The van der Waals surface area contributed by atoms with Crippen LogP contribution in [0.2, 0.25) is 0 Å². The number of hydrogen-bond donors (Lipinski definition) is 2. The number of amides is 1. The van der Waals surface area contributed by atoms with Crippen molar-refractivity contribution in [3.8, 4) is 5.75 Å². The topological polar surface area (TPSA) is 50.4 Å². The van der Waals surface area contributed by atoms with E-state index < -0.39 is 11.6 Å². The quantitative estimate of drug-likeness (QED) is 0.704. The fourth-order valence-corrected chi connectivity index (χ4v) is 1.42. The Bertz CT molecular complexity index is 414. The lowest BCUT2D eigenvalue weighted by Crippen LogP contribution is -2.30. The Kier molecular flexibility index (Phi) is 6.81. The van der Waals surface area contributed by atoms with Crippen molar-refractivity contribution in [2.24, 2.45) is 0 Å². The molecule has 0 atom stereocenters. The van der Waals surface area contributed by atoms with E-state index in [-0.39, 0.29) is 18.3 Å². The van der Waals surface area contributed by atoms with Gasteiger partial charge in [-0.25, -0.2) is 8.78 Å². The molecule has 2 N–H and O–H groups in total. The van der Waals surface area contributed by atoms with Crippen LogP contribution in [0.1, 0.15) is 12.8 Å². The van der Waals surface area contributed by atoms with E-state index in [1.165, 1.54) is 6.07 Å². The van der Waals surface area contributed by atoms with Crippen LogP contribution in [0, 0.1) is 11.6 Å². The van der Waals surface area contributed by atoms with Crippen LogP contribution >= 0.6 is 0 Å². The Morgan fingerprint density at radius 1 is 1.32 bits per heavy atom. The molecule has 1 aromatic rings. The monoisotopic (exact) mass is 272 g/mol. The molecule has 0 aromatic heterocycles. The van der Waals surface area contributed by atoms with Crippen molar-refractivity contribution in [3.63, 3.8) is 0 Å². The van der Waals surface area contributed by atoms with Crippen LogP contribution in [0.3, 0.4) is 0 Å². The summed E-state index contributed by atoms with van der Waals surface area (Å²) in [5, 5.41) is 5.63. The maximum absolute atomic E-state index is 13.2. The second-order valence-corrected chi connectivity index (χ2v) is 3.98. The van der Waals surface area contributed by atoms with Crippen molar-refractivity contribution in [3.05, 3.63) is 29.8 Å². The molecule has 0 aliphatic rings. The molecule has 0 unspecified atom stereocenters. The normalized spacial score (nSPS) is 10.3. The molecule has 0 radical (unpaired) electrons. The molecule has 0 aliphatic heterocycles. The first kappa shape index (κ1) is 15.4. The summed E-state index contributed by atoms with van der Waals surface area (Å²) in [6.07, 6.45) is 0.786. The SMILES string of the molecule is CNCCNC(=O)CCCOc1ccc(F)cc1F. The second-order valence-electron chi connectivity index (χ2n) is 3.98. The zero-order valence-corrected chi connectivity index (χ0v) is 10.8. The molecule has 0 saturated carbocycles. The molecule has 1 amide bonds. The molecule has 4 nitrogen and oxygen atoms in total. The zero-order valence-electron chi connectivity index (χ0n) is 10.8. The van der Waals surface area contributed by atoms with Crippen molar-refractivity contribution in [1.82, 2.24) is 10.6 Å². The number of hydrogen-bond acceptors (Lipinski definition) is 3. The molecule has 1 aromatic carbocycles. The summed E-state index contributed by atoms with van der Waals surface area (Å²) in [6.45, 7) is 1.49. The van der Waals surface area contributed by atoms with Gasteiger partial charge >= 0.3 is 0 Å². The van der Waals surface area contributed by atoms with Gasteiger partial charge in [0, 0.05) is 25.6 Å². The van der Waals surface area contributed by atoms with Gasteiger partial charge in [-0.2, -0.15) is 0 Å². The lowest BCUT2D eigenvalue weighted by molar-refractivity contribution is -0.121. The van der Waals surface area contributed by atoms with E-state index in [0.29, 0.717) is 25.9 Å². The number of halogens is 2. The number of likely N-dealkylation sites (N-methyl/N-ethyl adjacent to an activating group) is 1. The van der Waals surface area contributed by atoms with Crippen LogP contribution in [-0.4, -0.2) is 32.7 Å². The molecule has 0 fully saturated rings. The molecule has 106 valence electrons. The van der Waals surface area contributed by atoms with E-state index in [0.717, 1.165) is 12.1 Å². The van der Waals surface area contributed by atoms with E-state index in [2.05, 4.69) is 10.6 Å². The Morgan fingerprint density at radius 3 is 2.79 bits per heavy atom. The third-order valence-corrected chi connectivity index (χ3v) is 2.40. The smallest absolute Gasteiger partial charge is 0.220 e. The predicted octanol–water partition coefficient (Wildman–Crippen LogP) is 1.46. The van der Waals surface area contributed by atoms with Gasteiger partial charge in [0.25, 0.3) is 0 Å². The van der Waals surface area contributed by atoms with Crippen molar-refractivity contribution in [2.45, 2.75) is 12.8 Å². The first-order valence-electron chi connectivity index (χ1n) is 6.12. The molecule has 0 spiro atoms. The van der Waals surface area contributed by atoms with Gasteiger partial charge in [-0.15, -0.1) is 0 Å². The van der Waals surface area contributed by atoms with E-state index in [4.69, 9.17) is 4.74 Å². The highest BCUT2D eigenvalue weighted by Crippen LogP contribution is 2.17. The minimum atomic E-state index is -0.738. The minimum absolute atomic E-state index is 0.00279. The Hall–Kier alpha value is -1.69. The third-order valence-electron chi connectivity index (χ3n) is 2.40. The number of carbonyl (C=O) groups is 1. The first-order valence-corrected chi connectivity index (χ1v) is 6.12. The van der Waals surface area contributed by atoms with E-state index in [9.17, 15) is 13.6 Å². The molecular formula is C13H18F2N2O2. The predicted molar refractivity (Wildman–Crippen MR) is 68.0 cm³/mol. The molecular weight excluding hydrogens is 254 g/mol. The number of ether oxygens (including phenoxy) is 1. The van der Waals surface area contributed by atoms with Crippen molar-refractivity contribution in [2.75, 3.05) is 26.7 Å². The highest BCUT2D eigenvalue weighted by molar-refractivity contribution is 5.75. The number of nitrogens with one attached hydrogen (secondary N) is 2. The average Bonchev–Trinajstić information content (AvgIpc) is 2.37. The molecule has 19 heavy (non-hydrogen) atoms. The molecule has 0 heterocycles. The Balaban J connectivity index is 2.18. The van der Waals surface area contributed by atoms with Gasteiger partial charge in [-0.1, -0.05) is 0 Å². The lowest BCUT2D eigenvalue weighted by Gasteiger charge is -2.07. The minimum Gasteiger partial charge on any atom is -0.491 e. The molecule has 1 rings (SSSR count). The van der Waals surface area contributed by atoms with Gasteiger partial charge < -0.3 is 15.4 Å². The van der Waals surface area contributed by atoms with Crippen molar-refractivity contribution >= 4 is 5.91 Å². The largest absolute Gasteiger partial charge is 0.491 e. The summed E-state index contributed by atoms with van der Waals surface area (Å²) in [5.74, 6) is -1.46. The summed E-state index contributed by atoms with van der Waals surface area (Å²) >= 11 is 0. The molecule has 6 heteroatoms. The molecule has 0 saturated heterocycles. The first-order chi connectivity index (χ1) is 9.13.